The lowest BCUT2D eigenvalue weighted by Gasteiger charge is -2.21. The van der Waals surface area contributed by atoms with E-state index in [9.17, 15) is 19.5 Å². The zero-order chi connectivity index (χ0) is 17.8. The number of carboxylic acid groups (broad SMARTS) is 1. The molecule has 130 valence electrons. The molecule has 1 amide bonds. The Hall–Kier alpha value is -2.67. The van der Waals surface area contributed by atoms with E-state index >= 15 is 0 Å². The van der Waals surface area contributed by atoms with Crippen LogP contribution in [-0.4, -0.2) is 47.8 Å². The molecule has 0 aromatic heterocycles. The Labute approximate surface area is 143 Å². The van der Waals surface area contributed by atoms with Gasteiger partial charge in [0.05, 0.1) is 30.7 Å². The summed E-state index contributed by atoms with van der Waals surface area (Å²) in [5.41, 5.74) is 0.132. The Morgan fingerprint density at radius 1 is 1.36 bits per heavy atom. The second-order valence-electron chi connectivity index (χ2n) is 6.43. The molecule has 1 aromatic carbocycles. The second kappa shape index (κ2) is 5.42. The van der Waals surface area contributed by atoms with Crippen LogP contribution in [0.1, 0.15) is 17.3 Å². The van der Waals surface area contributed by atoms with Gasteiger partial charge in [-0.05, 0) is 31.2 Å². The quantitative estimate of drug-likeness (QED) is 0.653. The third kappa shape index (κ3) is 2.19. The van der Waals surface area contributed by atoms with Crippen molar-refractivity contribution in [3.63, 3.8) is 0 Å². The maximum absolute atomic E-state index is 12.9. The van der Waals surface area contributed by atoms with Gasteiger partial charge < -0.3 is 19.5 Å². The van der Waals surface area contributed by atoms with Crippen molar-refractivity contribution in [3.8, 4) is 0 Å². The minimum Gasteiger partial charge on any atom is -0.481 e. The van der Waals surface area contributed by atoms with Crippen molar-refractivity contribution in [1.29, 1.82) is 0 Å². The molecule has 0 aliphatic carbocycles. The first-order chi connectivity index (χ1) is 12.0. The molecule has 25 heavy (non-hydrogen) atoms. The molecule has 3 heterocycles. The number of fused-ring (bicyclic) bond motifs is 1. The molecule has 3 aliphatic rings. The first-order valence-electron chi connectivity index (χ1n) is 8.15. The van der Waals surface area contributed by atoms with Crippen LogP contribution in [-0.2, 0) is 19.1 Å². The molecule has 3 aliphatic heterocycles. The number of hydrogen-bond acceptors (Lipinski definition) is 5. The molecule has 2 bridgehead atoms. The average Bonchev–Trinajstić information content (AvgIpc) is 3.23. The number of ether oxygens (including phenoxy) is 2. The molecular weight excluding hydrogens is 326 g/mol. The normalized spacial score (nSPS) is 32.1. The van der Waals surface area contributed by atoms with Crippen molar-refractivity contribution in [2.45, 2.75) is 18.6 Å². The maximum atomic E-state index is 12.9. The summed E-state index contributed by atoms with van der Waals surface area (Å²) in [5, 5.41) is 9.47. The van der Waals surface area contributed by atoms with E-state index in [2.05, 4.69) is 0 Å². The van der Waals surface area contributed by atoms with Crippen LogP contribution in [0.25, 0.3) is 0 Å². The molecule has 7 heteroatoms. The van der Waals surface area contributed by atoms with Crippen molar-refractivity contribution >= 4 is 23.5 Å². The largest absolute Gasteiger partial charge is 0.481 e. The van der Waals surface area contributed by atoms with Crippen molar-refractivity contribution in [2.24, 2.45) is 11.8 Å². The Bertz CT molecular complexity index is 785. The van der Waals surface area contributed by atoms with Crippen molar-refractivity contribution in [2.75, 3.05) is 18.1 Å². The highest BCUT2D eigenvalue weighted by Gasteiger charge is 2.67. The molecule has 1 N–H and O–H groups in total. The Balaban J connectivity index is 1.61. The number of esters is 1. The van der Waals surface area contributed by atoms with Gasteiger partial charge in [0.25, 0.3) is 0 Å². The number of anilines is 1. The summed E-state index contributed by atoms with van der Waals surface area (Å²) in [7, 11) is 0. The lowest BCUT2D eigenvalue weighted by molar-refractivity contribution is -0.146. The van der Waals surface area contributed by atoms with Crippen molar-refractivity contribution in [1.82, 2.24) is 0 Å². The Morgan fingerprint density at radius 2 is 2.08 bits per heavy atom. The fourth-order valence-corrected chi connectivity index (χ4v) is 3.99. The van der Waals surface area contributed by atoms with E-state index in [0.717, 1.165) is 0 Å². The Morgan fingerprint density at radius 3 is 2.72 bits per heavy atom. The zero-order valence-electron chi connectivity index (χ0n) is 13.5. The summed E-state index contributed by atoms with van der Waals surface area (Å²) in [6.45, 7) is 2.29. The number of carboxylic acids is 1. The summed E-state index contributed by atoms with van der Waals surface area (Å²) in [5.74, 6) is -3.28. The minimum absolute atomic E-state index is 0.261. The van der Waals surface area contributed by atoms with Gasteiger partial charge in [0.2, 0.25) is 5.91 Å². The van der Waals surface area contributed by atoms with Gasteiger partial charge in [-0.15, -0.1) is 0 Å². The number of benzene rings is 1. The molecule has 2 fully saturated rings. The number of carbonyl (C=O) groups is 3. The van der Waals surface area contributed by atoms with Gasteiger partial charge >= 0.3 is 11.9 Å². The van der Waals surface area contributed by atoms with E-state index in [1.807, 2.05) is 6.08 Å². The van der Waals surface area contributed by atoms with Crippen LogP contribution < -0.4 is 4.90 Å². The van der Waals surface area contributed by atoms with E-state index in [-0.39, 0.29) is 19.1 Å². The zero-order valence-corrected chi connectivity index (χ0v) is 13.5. The smallest absolute Gasteiger partial charge is 0.338 e. The van der Waals surface area contributed by atoms with Crippen molar-refractivity contribution < 1.29 is 29.0 Å². The molecule has 4 rings (SSSR count). The standard InChI is InChI=1S/C18H17NO6/c1-2-24-17(23)10-3-5-11(6-4-10)19-9-18-8-7-12(25-18)13(16(21)22)14(18)15(19)20/h3-8,12-14H,2,9H2,1H3,(H,21,22)/t12-,13+,14-,18+/m1/s1. The minimum atomic E-state index is -1.02. The van der Waals surface area contributed by atoms with E-state index in [1.54, 1.807) is 37.3 Å². The van der Waals surface area contributed by atoms with E-state index in [4.69, 9.17) is 9.47 Å². The lowest BCUT2D eigenvalue weighted by atomic mass is 9.77. The van der Waals surface area contributed by atoms with Gasteiger partial charge in [0, 0.05) is 5.69 Å². The van der Waals surface area contributed by atoms with Crippen LogP contribution in [0.5, 0.6) is 0 Å². The molecular formula is C18H17NO6. The van der Waals surface area contributed by atoms with Crippen LogP contribution in [0.3, 0.4) is 0 Å². The third-order valence-corrected chi connectivity index (χ3v) is 5.08. The van der Waals surface area contributed by atoms with E-state index in [1.165, 1.54) is 4.90 Å². The number of hydrogen-bond donors (Lipinski definition) is 1. The molecule has 4 atom stereocenters. The molecule has 0 unspecified atom stereocenters. The molecule has 2 saturated heterocycles. The van der Waals surface area contributed by atoms with Gasteiger partial charge in [-0.25, -0.2) is 4.79 Å². The molecule has 1 spiro atoms. The summed E-state index contributed by atoms with van der Waals surface area (Å²) < 4.78 is 10.8. The molecule has 1 aromatic rings. The summed E-state index contributed by atoms with van der Waals surface area (Å²) >= 11 is 0. The number of nitrogens with zero attached hydrogens (tertiary/aromatic N) is 1. The number of amides is 1. The van der Waals surface area contributed by atoms with Gasteiger partial charge in [-0.3, -0.25) is 9.59 Å². The Kier molecular flexibility index (Phi) is 3.43. The number of aliphatic carboxylic acids is 1. The van der Waals surface area contributed by atoms with Crippen LogP contribution in [0.15, 0.2) is 36.4 Å². The summed E-state index contributed by atoms with van der Waals surface area (Å²) in [6, 6.07) is 6.51. The fraction of sp³-hybridized carbons (Fsp3) is 0.389. The second-order valence-corrected chi connectivity index (χ2v) is 6.43. The predicted octanol–water partition coefficient (Wildman–Crippen LogP) is 1.23. The maximum Gasteiger partial charge on any atom is 0.338 e. The number of rotatable bonds is 4. The number of carbonyl (C=O) groups excluding carboxylic acids is 2. The monoisotopic (exact) mass is 343 g/mol. The molecule has 7 nitrogen and oxygen atoms in total. The van der Waals surface area contributed by atoms with E-state index < -0.39 is 35.5 Å². The van der Waals surface area contributed by atoms with Crippen LogP contribution >= 0.6 is 0 Å². The van der Waals surface area contributed by atoms with Crippen LogP contribution in [0.2, 0.25) is 0 Å². The summed E-state index contributed by atoms with van der Waals surface area (Å²) in [4.78, 5) is 37.7. The van der Waals surface area contributed by atoms with Crippen molar-refractivity contribution in [3.05, 3.63) is 42.0 Å². The highest BCUT2D eigenvalue weighted by molar-refractivity contribution is 6.02. The highest BCUT2D eigenvalue weighted by Crippen LogP contribution is 2.52. The fourth-order valence-electron chi connectivity index (χ4n) is 3.99. The van der Waals surface area contributed by atoms with Gasteiger partial charge in [0.1, 0.15) is 11.5 Å². The lowest BCUT2D eigenvalue weighted by Crippen LogP contribution is -2.39. The van der Waals surface area contributed by atoms with Gasteiger partial charge in [-0.1, -0.05) is 12.2 Å². The summed E-state index contributed by atoms with van der Waals surface area (Å²) in [6.07, 6.45) is 3.00. The first kappa shape index (κ1) is 15.8. The first-order valence-corrected chi connectivity index (χ1v) is 8.15. The molecule has 0 radical (unpaired) electrons. The topological polar surface area (TPSA) is 93.1 Å². The SMILES string of the molecule is CCOC(=O)c1ccc(N2C[C@]34C=C[C@@H](O3)[C@H](C(=O)O)[C@@H]4C2=O)cc1. The van der Waals surface area contributed by atoms with Gasteiger partial charge in [0.15, 0.2) is 0 Å². The highest BCUT2D eigenvalue weighted by atomic mass is 16.5. The molecule has 0 saturated carbocycles. The predicted molar refractivity (Wildman–Crippen MR) is 86.1 cm³/mol. The average molecular weight is 343 g/mol. The van der Waals surface area contributed by atoms with Crippen LogP contribution in [0.4, 0.5) is 5.69 Å². The van der Waals surface area contributed by atoms with Gasteiger partial charge in [-0.2, -0.15) is 0 Å². The van der Waals surface area contributed by atoms with Crippen LogP contribution in [0, 0.1) is 11.8 Å². The van der Waals surface area contributed by atoms with E-state index in [0.29, 0.717) is 11.3 Å². The third-order valence-electron chi connectivity index (χ3n) is 5.08.